The first-order valence-electron chi connectivity index (χ1n) is 6.37. The second kappa shape index (κ2) is 3.59. The van der Waals surface area contributed by atoms with Crippen molar-refractivity contribution in [3.63, 3.8) is 0 Å². The van der Waals surface area contributed by atoms with Gasteiger partial charge in [-0.05, 0) is 30.0 Å². The minimum Gasteiger partial charge on any atom is -0.372 e. The van der Waals surface area contributed by atoms with Gasteiger partial charge >= 0.3 is 0 Å². The van der Waals surface area contributed by atoms with E-state index >= 15 is 0 Å². The molecule has 4 rings (SSSR count). The van der Waals surface area contributed by atoms with Crippen LogP contribution in [0.15, 0.2) is 35.5 Å². The highest BCUT2D eigenvalue weighted by Gasteiger charge is 2.38. The molecule has 2 heterocycles. The fourth-order valence-corrected chi connectivity index (χ4v) is 3.25. The van der Waals surface area contributed by atoms with Crippen molar-refractivity contribution >= 4 is 5.69 Å². The quantitative estimate of drug-likeness (QED) is 0.714. The number of rotatable bonds is 0. The van der Waals surface area contributed by atoms with E-state index in [0.29, 0.717) is 12.1 Å². The number of ether oxygens (including phenoxy) is 1. The minimum absolute atomic E-state index is 0.325. The first-order chi connectivity index (χ1) is 8.43. The third kappa shape index (κ3) is 1.36. The highest BCUT2D eigenvalue weighted by molar-refractivity contribution is 5.64. The molecule has 3 nitrogen and oxygen atoms in total. The molecule has 1 saturated heterocycles. The number of hydrogen-bond acceptors (Lipinski definition) is 3. The SMILES string of the molecule is c1ccc2c(c1)NC1=C3C(CC1)OCCNC32. The smallest absolute Gasteiger partial charge is 0.0827 e. The maximum absolute atomic E-state index is 5.92. The van der Waals surface area contributed by atoms with Crippen LogP contribution in [0, 0.1) is 0 Å². The number of anilines is 1. The van der Waals surface area contributed by atoms with Gasteiger partial charge in [0.2, 0.25) is 0 Å². The molecule has 2 atom stereocenters. The minimum atomic E-state index is 0.325. The monoisotopic (exact) mass is 228 g/mol. The Morgan fingerprint density at radius 1 is 1.24 bits per heavy atom. The average molecular weight is 228 g/mol. The molecule has 0 amide bonds. The lowest BCUT2D eigenvalue weighted by molar-refractivity contribution is 0.0893. The van der Waals surface area contributed by atoms with E-state index < -0.39 is 0 Å². The van der Waals surface area contributed by atoms with Crippen molar-refractivity contribution in [2.75, 3.05) is 18.5 Å². The molecule has 0 aromatic heterocycles. The van der Waals surface area contributed by atoms with Gasteiger partial charge in [-0.3, -0.25) is 0 Å². The topological polar surface area (TPSA) is 33.3 Å². The molecule has 2 unspecified atom stereocenters. The van der Waals surface area contributed by atoms with E-state index in [2.05, 4.69) is 34.9 Å². The fourth-order valence-electron chi connectivity index (χ4n) is 3.25. The summed E-state index contributed by atoms with van der Waals surface area (Å²) in [7, 11) is 0. The van der Waals surface area contributed by atoms with Crippen molar-refractivity contribution in [3.05, 3.63) is 41.1 Å². The lowest BCUT2D eigenvalue weighted by Gasteiger charge is -2.29. The first-order valence-corrected chi connectivity index (χ1v) is 6.37. The zero-order chi connectivity index (χ0) is 11.2. The largest absolute Gasteiger partial charge is 0.372 e. The van der Waals surface area contributed by atoms with Gasteiger partial charge in [0.05, 0.1) is 18.8 Å². The number of para-hydroxylation sites is 1. The van der Waals surface area contributed by atoms with E-state index in [4.69, 9.17) is 4.74 Å². The second-order valence-corrected chi connectivity index (χ2v) is 4.93. The summed E-state index contributed by atoms with van der Waals surface area (Å²) < 4.78 is 5.92. The van der Waals surface area contributed by atoms with Crippen LogP contribution in [0.1, 0.15) is 24.4 Å². The molecule has 2 N–H and O–H groups in total. The maximum Gasteiger partial charge on any atom is 0.0827 e. The van der Waals surface area contributed by atoms with Gasteiger partial charge in [0, 0.05) is 17.9 Å². The van der Waals surface area contributed by atoms with E-state index in [1.165, 1.54) is 22.5 Å². The second-order valence-electron chi connectivity index (χ2n) is 4.93. The standard InChI is InChI=1S/C14H16N2O/c1-2-4-10-9(3-1)14-13-11(16-10)5-6-12(13)17-8-7-15-14/h1-4,12,14-16H,5-8H2. The lowest BCUT2D eigenvalue weighted by atomic mass is 9.92. The third-order valence-electron chi connectivity index (χ3n) is 3.99. The number of nitrogens with one attached hydrogen (secondary N) is 2. The summed E-state index contributed by atoms with van der Waals surface area (Å²) in [5.41, 5.74) is 5.45. The van der Waals surface area contributed by atoms with Crippen molar-refractivity contribution < 1.29 is 4.74 Å². The van der Waals surface area contributed by atoms with Crippen LogP contribution in [0.2, 0.25) is 0 Å². The molecule has 0 radical (unpaired) electrons. The van der Waals surface area contributed by atoms with Crippen molar-refractivity contribution in [2.24, 2.45) is 0 Å². The van der Waals surface area contributed by atoms with Crippen molar-refractivity contribution in [2.45, 2.75) is 25.0 Å². The number of hydrogen-bond donors (Lipinski definition) is 2. The highest BCUT2D eigenvalue weighted by Crippen LogP contribution is 2.44. The van der Waals surface area contributed by atoms with Crippen LogP contribution in [0.5, 0.6) is 0 Å². The summed E-state index contributed by atoms with van der Waals surface area (Å²) in [6.07, 6.45) is 2.57. The van der Waals surface area contributed by atoms with Gasteiger partial charge in [0.25, 0.3) is 0 Å². The van der Waals surface area contributed by atoms with Crippen LogP contribution in [-0.4, -0.2) is 19.3 Å². The Morgan fingerprint density at radius 3 is 3.18 bits per heavy atom. The molecule has 1 aromatic rings. The molecule has 1 aliphatic carbocycles. The Hall–Kier alpha value is -1.32. The fraction of sp³-hybridized carbons (Fsp3) is 0.429. The van der Waals surface area contributed by atoms with E-state index in [1.54, 1.807) is 0 Å². The molecular formula is C14H16N2O. The van der Waals surface area contributed by atoms with Crippen LogP contribution in [0.4, 0.5) is 5.69 Å². The summed E-state index contributed by atoms with van der Waals surface area (Å²) >= 11 is 0. The van der Waals surface area contributed by atoms with Crippen molar-refractivity contribution in [1.29, 1.82) is 0 Å². The molecule has 3 heteroatoms. The Labute approximate surface area is 101 Å². The van der Waals surface area contributed by atoms with Gasteiger partial charge in [-0.2, -0.15) is 0 Å². The van der Waals surface area contributed by atoms with Crippen LogP contribution in [-0.2, 0) is 4.74 Å². The predicted molar refractivity (Wildman–Crippen MR) is 66.8 cm³/mol. The average Bonchev–Trinajstić information content (AvgIpc) is 2.64. The van der Waals surface area contributed by atoms with Crippen molar-refractivity contribution in [1.82, 2.24) is 5.32 Å². The molecule has 0 spiro atoms. The summed E-state index contributed by atoms with van der Waals surface area (Å²) in [5, 5.41) is 7.19. The molecule has 1 fully saturated rings. The van der Waals surface area contributed by atoms with Gasteiger partial charge in [-0.15, -0.1) is 0 Å². The van der Waals surface area contributed by atoms with Gasteiger partial charge < -0.3 is 15.4 Å². The zero-order valence-electron chi connectivity index (χ0n) is 9.70. The lowest BCUT2D eigenvalue weighted by Crippen LogP contribution is -2.29. The molecule has 3 aliphatic rings. The van der Waals surface area contributed by atoms with Gasteiger partial charge in [-0.1, -0.05) is 18.2 Å². The number of benzene rings is 1. The van der Waals surface area contributed by atoms with Crippen LogP contribution in [0.3, 0.4) is 0 Å². The van der Waals surface area contributed by atoms with Gasteiger partial charge in [-0.25, -0.2) is 0 Å². The Morgan fingerprint density at radius 2 is 2.18 bits per heavy atom. The van der Waals surface area contributed by atoms with Crippen molar-refractivity contribution in [3.8, 4) is 0 Å². The van der Waals surface area contributed by atoms with E-state index in [9.17, 15) is 0 Å². The molecule has 2 aliphatic heterocycles. The normalized spacial score (nSPS) is 30.4. The third-order valence-corrected chi connectivity index (χ3v) is 3.99. The summed E-state index contributed by atoms with van der Waals surface area (Å²) in [5.74, 6) is 0. The number of fused-ring (bicyclic) bond motifs is 2. The molecule has 88 valence electrons. The van der Waals surface area contributed by atoms with Crippen LogP contribution < -0.4 is 10.6 Å². The van der Waals surface area contributed by atoms with E-state index in [0.717, 1.165) is 26.0 Å². The molecule has 0 saturated carbocycles. The van der Waals surface area contributed by atoms with Gasteiger partial charge in [0.1, 0.15) is 0 Å². The van der Waals surface area contributed by atoms with Crippen LogP contribution in [0.25, 0.3) is 0 Å². The Balaban J connectivity index is 1.87. The zero-order valence-corrected chi connectivity index (χ0v) is 9.70. The molecule has 1 aromatic carbocycles. The van der Waals surface area contributed by atoms with Crippen LogP contribution >= 0.6 is 0 Å². The summed E-state index contributed by atoms with van der Waals surface area (Å²) in [6.45, 7) is 1.76. The summed E-state index contributed by atoms with van der Waals surface area (Å²) in [6, 6.07) is 8.95. The predicted octanol–water partition coefficient (Wildman–Crippen LogP) is 2.19. The first kappa shape index (κ1) is 9.68. The maximum atomic E-state index is 5.92. The molecule has 17 heavy (non-hydrogen) atoms. The number of allylic oxidation sites excluding steroid dienone is 1. The highest BCUT2D eigenvalue weighted by atomic mass is 16.5. The summed E-state index contributed by atoms with van der Waals surface area (Å²) in [4.78, 5) is 0. The Bertz CT molecular complexity index is 495. The molecular weight excluding hydrogens is 212 g/mol. The van der Waals surface area contributed by atoms with E-state index in [-0.39, 0.29) is 0 Å². The van der Waals surface area contributed by atoms with Gasteiger partial charge in [0.15, 0.2) is 0 Å². The Kier molecular flexibility index (Phi) is 2.04. The van der Waals surface area contributed by atoms with E-state index in [1.807, 2.05) is 0 Å². The molecule has 0 bridgehead atoms.